The standard InChI is InChI=1S/C20H20BrN5O4S2/c1-11(13-4-2-3-12-5-6-22-9-14(12)13)26-16-7-15(21)18(8-17(16)30-20(26)27)32(28,29)25-19-23-10-24-31-19/h2-4,7-8,10-11,20,22,27H,5-6,9H2,1H3,(H,23,24,25)/t11-,20?/m1/s1. The molecule has 0 saturated heterocycles. The molecule has 0 saturated carbocycles. The monoisotopic (exact) mass is 537 g/mol. The normalized spacial score (nSPS) is 18.6. The van der Waals surface area contributed by atoms with Crippen LogP contribution in [0, 0.1) is 0 Å². The van der Waals surface area contributed by atoms with Crippen LogP contribution in [-0.4, -0.2) is 35.8 Å². The lowest BCUT2D eigenvalue weighted by Gasteiger charge is -2.31. The number of ether oxygens (including phenoxy) is 1. The minimum atomic E-state index is -3.93. The van der Waals surface area contributed by atoms with E-state index in [1.54, 1.807) is 11.0 Å². The average Bonchev–Trinajstić information content (AvgIpc) is 3.38. The molecule has 12 heteroatoms. The molecule has 2 aliphatic heterocycles. The van der Waals surface area contributed by atoms with Gasteiger partial charge in [0, 0.05) is 28.6 Å². The van der Waals surface area contributed by atoms with Gasteiger partial charge in [-0.1, -0.05) is 18.2 Å². The smallest absolute Gasteiger partial charge is 0.282 e. The molecular formula is C20H20BrN5O4S2. The van der Waals surface area contributed by atoms with Crippen LogP contribution in [0.25, 0.3) is 0 Å². The summed E-state index contributed by atoms with van der Waals surface area (Å²) in [4.78, 5) is 5.59. The molecule has 3 aromatic rings. The van der Waals surface area contributed by atoms with E-state index < -0.39 is 16.4 Å². The quantitative estimate of drug-likeness (QED) is 0.454. The van der Waals surface area contributed by atoms with Gasteiger partial charge < -0.3 is 20.1 Å². The van der Waals surface area contributed by atoms with Crippen LogP contribution >= 0.6 is 27.5 Å². The molecule has 1 aromatic heterocycles. The number of aliphatic hydroxyl groups is 1. The molecule has 2 aliphatic rings. The number of hydrogen-bond donors (Lipinski definition) is 3. The Labute approximate surface area is 197 Å². The van der Waals surface area contributed by atoms with Gasteiger partial charge in [0.15, 0.2) is 0 Å². The van der Waals surface area contributed by atoms with Gasteiger partial charge >= 0.3 is 0 Å². The third kappa shape index (κ3) is 3.75. The highest BCUT2D eigenvalue weighted by Gasteiger charge is 2.37. The fraction of sp³-hybridized carbons (Fsp3) is 0.300. The molecular weight excluding hydrogens is 518 g/mol. The summed E-state index contributed by atoms with van der Waals surface area (Å²) in [5, 5.41) is 14.3. The Morgan fingerprint density at radius 3 is 3.03 bits per heavy atom. The zero-order valence-electron chi connectivity index (χ0n) is 16.9. The summed E-state index contributed by atoms with van der Waals surface area (Å²) >= 11 is 4.31. The third-order valence-electron chi connectivity index (χ3n) is 5.68. The number of fused-ring (bicyclic) bond motifs is 2. The Hall–Kier alpha value is -2.25. The van der Waals surface area contributed by atoms with Crippen LogP contribution < -0.4 is 19.7 Å². The predicted octanol–water partition coefficient (Wildman–Crippen LogP) is 2.98. The minimum Gasteiger partial charge on any atom is -0.444 e. The largest absolute Gasteiger partial charge is 0.444 e. The van der Waals surface area contributed by atoms with Gasteiger partial charge in [-0.25, -0.2) is 13.4 Å². The van der Waals surface area contributed by atoms with Gasteiger partial charge in [0.25, 0.3) is 16.4 Å². The second kappa shape index (κ2) is 8.27. The summed E-state index contributed by atoms with van der Waals surface area (Å²) in [5.41, 5.74) is 4.23. The summed E-state index contributed by atoms with van der Waals surface area (Å²) < 4.78 is 37.9. The Bertz CT molecular complexity index is 1270. The van der Waals surface area contributed by atoms with Crippen molar-refractivity contribution in [2.75, 3.05) is 16.2 Å². The van der Waals surface area contributed by atoms with Crippen LogP contribution in [0.15, 0.2) is 46.0 Å². The molecule has 0 aliphatic carbocycles. The van der Waals surface area contributed by atoms with Gasteiger partial charge in [0.2, 0.25) is 5.13 Å². The number of nitrogens with one attached hydrogen (secondary N) is 2. The van der Waals surface area contributed by atoms with E-state index in [0.29, 0.717) is 10.2 Å². The molecule has 3 heterocycles. The maximum atomic E-state index is 12.9. The van der Waals surface area contributed by atoms with Crippen LogP contribution in [0.5, 0.6) is 5.75 Å². The molecule has 2 atom stereocenters. The van der Waals surface area contributed by atoms with Crippen molar-refractivity contribution < 1.29 is 18.3 Å². The Kier molecular flexibility index (Phi) is 5.58. The van der Waals surface area contributed by atoms with E-state index >= 15 is 0 Å². The van der Waals surface area contributed by atoms with Crippen molar-refractivity contribution in [3.8, 4) is 5.75 Å². The van der Waals surface area contributed by atoms with Crippen molar-refractivity contribution >= 4 is 48.3 Å². The van der Waals surface area contributed by atoms with E-state index in [0.717, 1.165) is 36.6 Å². The van der Waals surface area contributed by atoms with Gasteiger partial charge in [0.1, 0.15) is 17.0 Å². The van der Waals surface area contributed by atoms with Crippen LogP contribution in [0.4, 0.5) is 10.8 Å². The Morgan fingerprint density at radius 1 is 1.41 bits per heavy atom. The van der Waals surface area contributed by atoms with Gasteiger partial charge in [-0.05, 0) is 58.6 Å². The molecule has 0 amide bonds. The minimum absolute atomic E-state index is 0.0190. The number of nitrogens with zero attached hydrogens (tertiary/aromatic N) is 3. The number of aliphatic hydroxyl groups excluding tert-OH is 1. The highest BCUT2D eigenvalue weighted by Crippen LogP contribution is 2.46. The van der Waals surface area contributed by atoms with Crippen LogP contribution in [0.3, 0.4) is 0 Å². The van der Waals surface area contributed by atoms with Crippen molar-refractivity contribution in [2.45, 2.75) is 37.2 Å². The van der Waals surface area contributed by atoms with Crippen molar-refractivity contribution in [3.63, 3.8) is 0 Å². The maximum absolute atomic E-state index is 12.9. The summed E-state index contributed by atoms with van der Waals surface area (Å²) in [5.74, 6) is 0.285. The van der Waals surface area contributed by atoms with Crippen LogP contribution in [0.1, 0.15) is 29.7 Å². The van der Waals surface area contributed by atoms with Crippen LogP contribution in [0.2, 0.25) is 0 Å². The van der Waals surface area contributed by atoms with Crippen molar-refractivity contribution in [3.05, 3.63) is 57.8 Å². The molecule has 0 fully saturated rings. The Balaban J connectivity index is 1.51. The molecule has 168 valence electrons. The van der Waals surface area contributed by atoms with Crippen molar-refractivity contribution in [1.29, 1.82) is 0 Å². The van der Waals surface area contributed by atoms with Gasteiger partial charge in [0.05, 0.1) is 11.7 Å². The number of rotatable bonds is 5. The van der Waals surface area contributed by atoms with Crippen LogP contribution in [-0.2, 0) is 23.0 Å². The summed E-state index contributed by atoms with van der Waals surface area (Å²) in [6.07, 6.45) is 0.991. The number of hydrogen-bond acceptors (Lipinski definition) is 9. The lowest BCUT2D eigenvalue weighted by molar-refractivity contribution is -0.00775. The molecule has 5 rings (SSSR count). The first-order valence-corrected chi connectivity index (χ1v) is 13.0. The molecule has 0 bridgehead atoms. The highest BCUT2D eigenvalue weighted by atomic mass is 79.9. The van der Waals surface area contributed by atoms with Crippen molar-refractivity contribution in [1.82, 2.24) is 14.7 Å². The molecule has 9 nitrogen and oxygen atoms in total. The lowest BCUT2D eigenvalue weighted by atomic mass is 9.92. The molecule has 3 N–H and O–H groups in total. The molecule has 32 heavy (non-hydrogen) atoms. The summed E-state index contributed by atoms with van der Waals surface area (Å²) in [7, 11) is -3.93. The summed E-state index contributed by atoms with van der Waals surface area (Å²) in [6.45, 7) is 3.71. The Morgan fingerprint density at radius 2 is 2.25 bits per heavy atom. The van der Waals surface area contributed by atoms with E-state index in [-0.39, 0.29) is 21.8 Å². The fourth-order valence-electron chi connectivity index (χ4n) is 4.19. The number of benzene rings is 2. The van der Waals surface area contributed by atoms with Gasteiger partial charge in [-0.2, -0.15) is 4.37 Å². The highest BCUT2D eigenvalue weighted by molar-refractivity contribution is 9.10. The van der Waals surface area contributed by atoms with Crippen molar-refractivity contribution in [2.24, 2.45) is 0 Å². The fourth-order valence-corrected chi connectivity index (χ4v) is 6.89. The van der Waals surface area contributed by atoms with E-state index in [4.69, 9.17) is 4.74 Å². The molecule has 1 unspecified atom stereocenters. The van der Waals surface area contributed by atoms with E-state index in [9.17, 15) is 13.5 Å². The first kappa shape index (κ1) is 21.6. The topological polar surface area (TPSA) is 117 Å². The molecule has 0 spiro atoms. The SMILES string of the molecule is C[C@H](c1cccc2c1CNCC2)N1c2cc(Br)c(S(=O)(=O)Nc3ncns3)cc2OC1O. The average molecular weight is 538 g/mol. The number of anilines is 2. The number of halogens is 1. The van der Waals surface area contributed by atoms with Gasteiger partial charge in [-0.3, -0.25) is 4.72 Å². The van der Waals surface area contributed by atoms with E-state index in [1.807, 2.05) is 13.0 Å². The zero-order chi connectivity index (χ0) is 22.5. The third-order valence-corrected chi connectivity index (χ3v) is 8.69. The first-order chi connectivity index (χ1) is 15.3. The maximum Gasteiger partial charge on any atom is 0.282 e. The second-order valence-corrected chi connectivity index (χ2v) is 10.8. The summed E-state index contributed by atoms with van der Waals surface area (Å²) in [6, 6.07) is 9.09. The second-order valence-electron chi connectivity index (χ2n) is 7.54. The number of aromatic nitrogens is 2. The lowest BCUT2D eigenvalue weighted by Crippen LogP contribution is -2.37. The zero-order valence-corrected chi connectivity index (χ0v) is 20.2. The van der Waals surface area contributed by atoms with Gasteiger partial charge in [-0.15, -0.1) is 0 Å². The van der Waals surface area contributed by atoms with E-state index in [2.05, 4.69) is 47.5 Å². The predicted molar refractivity (Wildman–Crippen MR) is 124 cm³/mol. The van der Waals surface area contributed by atoms with E-state index in [1.165, 1.54) is 23.5 Å². The molecule has 2 aromatic carbocycles. The molecule has 0 radical (unpaired) electrons. The number of sulfonamides is 1. The first-order valence-electron chi connectivity index (χ1n) is 9.92.